The van der Waals surface area contributed by atoms with Crippen LogP contribution in [0.5, 0.6) is 0 Å². The number of ether oxygens (including phenoxy) is 23. The van der Waals surface area contributed by atoms with Crippen LogP contribution < -0.4 is 31.9 Å². The van der Waals surface area contributed by atoms with E-state index in [4.69, 9.17) is 109 Å². The van der Waals surface area contributed by atoms with Gasteiger partial charge in [0.05, 0.1) is 78.3 Å². The van der Waals surface area contributed by atoms with Gasteiger partial charge in [-0.05, 0) is 13.8 Å². The summed E-state index contributed by atoms with van der Waals surface area (Å²) in [5.74, 6) is -6.16. The number of hydrogen-bond acceptors (Lipinski definition) is 59. The summed E-state index contributed by atoms with van der Waals surface area (Å²) in [5, 5.41) is 359. The second-order valence-corrected chi connectivity index (χ2v) is 38.1. The normalized spacial score (nSPS) is 49.0. The molecule has 0 spiro atoms. The Labute approximate surface area is 845 Å². The summed E-state index contributed by atoms with van der Waals surface area (Å²) in [6.07, 6.45) is -121. The third-order valence-electron chi connectivity index (χ3n) is 27.4. The number of nitrogens with one attached hydrogen (secondary N) is 6. The van der Waals surface area contributed by atoms with Crippen molar-refractivity contribution in [1.82, 2.24) is 31.9 Å². The maximum absolute atomic E-state index is 14.1. The van der Waals surface area contributed by atoms with E-state index in [-0.39, 0.29) is 0 Å². The molecule has 6 amide bonds. The summed E-state index contributed by atoms with van der Waals surface area (Å²) in [5.41, 5.74) is 0. The quantitative estimate of drug-likeness (QED) is 0.0273. The molecule has 860 valence electrons. The summed E-state index contributed by atoms with van der Waals surface area (Å²) in [7, 11) is 0. The first-order valence-corrected chi connectivity index (χ1v) is 47.9. The molecule has 0 bridgehead atoms. The van der Waals surface area contributed by atoms with E-state index in [0.717, 1.165) is 41.5 Å². The SMILES string of the molecule is CC(=O)N[C@H]1[C@H](O[C@H]2[C@H](O)[C@@H](NC(C)=O)C(O)O[C@@H]2CO[C@@H]2O[C@@H](C)[C@@H](O)[C@@H](O)[C@@H]2O)O[C@H](CO)[C@@H](O[C@@H]2O[C@H](CO[C@H]3O[C@H](CO)[C@@H](O)[C@H](O)[C@@H]3O[C@@H]3O[C@H](CO)[C@@H](O)[C@H](O)[C@H]3NC(C)=O)[C@@H](O[C@@H]3O[C@H](CO)[C@@H](O)[C@H](O)[C@H]3NC(C)=O)[C@H](O[C@H]3O[C@H](CO)[C@@H](O[C@@H]4O[C@H](CO)[C@@H](O)[C@H](O)[C@H]4NC(C)=O)[C@H](O)[C@@H]3O[C@@H]3O[C@H](CO)[C@@H](O[C@@H]4O[C@H](CO)[C@H](O)[C@H](O)[C@H]4O)[C@H](O[C@@H]4O[C@@H](C)[C@@H](O)[C@@H](O)[C@H]4O)[C@H]3NC(C)=O)[C@@H]2O)[C@@H]1O. The Morgan fingerprint density at radius 3 is 0.859 bits per heavy atom. The second kappa shape index (κ2) is 53.4. The smallest absolute Gasteiger partial charge is 0.217 e. The van der Waals surface area contributed by atoms with Crippen LogP contribution in [-0.4, -0.2) is 623 Å². The largest absolute Gasteiger partial charge is 0.394 e. The number of aliphatic hydroxyl groups excluding tert-OH is 30. The molecule has 1 unspecified atom stereocenters. The van der Waals surface area contributed by atoms with Crippen molar-refractivity contribution < 1.29 is 291 Å². The summed E-state index contributed by atoms with van der Waals surface area (Å²) < 4.78 is 144. The fourth-order valence-corrected chi connectivity index (χ4v) is 19.5. The van der Waals surface area contributed by atoms with Crippen LogP contribution in [0.25, 0.3) is 0 Å². The number of amides is 6. The predicted molar refractivity (Wildman–Crippen MR) is 462 cm³/mol. The number of carbonyl (C=O) groups excluding carboxylic acids is 6. The van der Waals surface area contributed by atoms with Gasteiger partial charge in [0.25, 0.3) is 0 Å². The van der Waals surface area contributed by atoms with Crippen molar-refractivity contribution in [1.29, 1.82) is 0 Å². The maximum atomic E-state index is 14.1. The molecule has 65 heteroatoms. The van der Waals surface area contributed by atoms with Crippen molar-refractivity contribution in [3.05, 3.63) is 0 Å². The molecular formula is C84H140N6O59. The lowest BCUT2D eigenvalue weighted by atomic mass is 9.93. The average molecular weight is 2180 g/mol. The third kappa shape index (κ3) is 27.5. The van der Waals surface area contributed by atoms with E-state index in [9.17, 15) is 182 Å². The van der Waals surface area contributed by atoms with E-state index < -0.39 is 470 Å². The fourth-order valence-electron chi connectivity index (χ4n) is 19.5. The molecule has 12 aliphatic rings. The van der Waals surface area contributed by atoms with Crippen LogP contribution >= 0.6 is 0 Å². The molecule has 0 aliphatic carbocycles. The highest BCUT2D eigenvalue weighted by atomic mass is 16.8. The van der Waals surface area contributed by atoms with Crippen LogP contribution in [0.15, 0.2) is 0 Å². The molecule has 0 saturated carbocycles. The van der Waals surface area contributed by atoms with Crippen molar-refractivity contribution in [3.8, 4) is 0 Å². The van der Waals surface area contributed by atoms with Crippen molar-refractivity contribution in [3.63, 3.8) is 0 Å². The van der Waals surface area contributed by atoms with Crippen LogP contribution in [0.4, 0.5) is 0 Å². The predicted octanol–water partition coefficient (Wildman–Crippen LogP) is -24.2. The first-order chi connectivity index (χ1) is 70.4. The monoisotopic (exact) mass is 2180 g/mol. The van der Waals surface area contributed by atoms with Crippen LogP contribution in [0.3, 0.4) is 0 Å². The zero-order valence-corrected chi connectivity index (χ0v) is 81.0. The Bertz CT molecular complexity index is 4230. The third-order valence-corrected chi connectivity index (χ3v) is 27.4. The molecule has 12 aliphatic heterocycles. The van der Waals surface area contributed by atoms with E-state index in [1.54, 1.807) is 0 Å². The molecule has 12 rings (SSSR count). The van der Waals surface area contributed by atoms with Crippen molar-refractivity contribution >= 4 is 35.4 Å². The zero-order valence-electron chi connectivity index (χ0n) is 81.0. The van der Waals surface area contributed by atoms with Gasteiger partial charge < -0.3 is 294 Å². The van der Waals surface area contributed by atoms with E-state index >= 15 is 0 Å². The van der Waals surface area contributed by atoms with Gasteiger partial charge in [-0.25, -0.2) is 0 Å². The molecule has 0 aromatic carbocycles. The summed E-state index contributed by atoms with van der Waals surface area (Å²) >= 11 is 0. The first kappa shape index (κ1) is 122. The van der Waals surface area contributed by atoms with Crippen molar-refractivity contribution in [2.75, 3.05) is 66.1 Å². The van der Waals surface area contributed by atoms with Gasteiger partial charge in [0, 0.05) is 41.5 Å². The molecule has 0 aromatic rings. The van der Waals surface area contributed by atoms with Gasteiger partial charge in [0.15, 0.2) is 75.5 Å². The molecule has 12 fully saturated rings. The fraction of sp³-hybridized carbons (Fsp3) is 0.929. The first-order valence-electron chi connectivity index (χ1n) is 47.9. The van der Waals surface area contributed by atoms with E-state index in [0.29, 0.717) is 0 Å². The van der Waals surface area contributed by atoms with Crippen LogP contribution in [0, 0.1) is 0 Å². The lowest BCUT2D eigenvalue weighted by Gasteiger charge is -2.53. The molecule has 12 saturated heterocycles. The van der Waals surface area contributed by atoms with Gasteiger partial charge in [-0.15, -0.1) is 0 Å². The van der Waals surface area contributed by atoms with Crippen LogP contribution in [0.1, 0.15) is 55.4 Å². The highest BCUT2D eigenvalue weighted by Crippen LogP contribution is 2.44. The Morgan fingerprint density at radius 1 is 0.188 bits per heavy atom. The van der Waals surface area contributed by atoms with E-state index in [1.165, 1.54) is 13.8 Å². The topological polar surface area (TPSA) is 994 Å². The lowest BCUT2D eigenvalue weighted by Crippen LogP contribution is -2.72. The number of hydrogen-bond donors (Lipinski definition) is 36. The van der Waals surface area contributed by atoms with E-state index in [2.05, 4.69) is 31.9 Å². The van der Waals surface area contributed by atoms with Gasteiger partial charge in [0.2, 0.25) is 35.4 Å². The molecule has 36 N–H and O–H groups in total. The molecule has 149 heavy (non-hydrogen) atoms. The maximum Gasteiger partial charge on any atom is 0.217 e. The average Bonchev–Trinajstić information content (AvgIpc) is 0.750. The van der Waals surface area contributed by atoms with Crippen molar-refractivity contribution in [2.24, 2.45) is 0 Å². The molecule has 0 radical (unpaired) electrons. The summed E-state index contributed by atoms with van der Waals surface area (Å²) in [6, 6.07) is -12.4. The van der Waals surface area contributed by atoms with Gasteiger partial charge in [-0.3, -0.25) is 28.8 Å². The van der Waals surface area contributed by atoms with Gasteiger partial charge in [-0.2, -0.15) is 0 Å². The molecule has 12 heterocycles. The number of rotatable bonds is 38. The molecule has 0 aromatic heterocycles. The zero-order chi connectivity index (χ0) is 110. The number of aliphatic hydroxyl groups is 30. The molecular weight excluding hydrogens is 2040 g/mol. The molecule has 65 nitrogen and oxygen atoms in total. The van der Waals surface area contributed by atoms with Crippen LogP contribution in [-0.2, 0) is 138 Å². The summed E-state index contributed by atoms with van der Waals surface area (Å²) in [6.45, 7) is -4.74. The minimum atomic E-state index is -2.96. The highest BCUT2D eigenvalue weighted by molar-refractivity contribution is 5.75. The standard InChI is InChI=1S/C84H140N6O59/c1-19-43(105)55(117)59(121)79(129-19)127-17-35-66(53(115)37(73(126)131-35)85-21(3)99)142-77-41(89-25(7)103)54(116)64(32(14-96)137-77)143-82-63(125)70(68(144-75-39(87-23(5)101)51(113)46(108)28(10-92)133-75)36(140-82)18-128-83-71(58(120)49(111)31(13-95)136-83)148-76-40(88-24(6)102)52(114)47(109)29(11-93)134-76)147-84-72(62(124)65(33(15-97)139-84)141-74-38(86-22(4)100)50(112)45(107)27(9-91)132-74)149-78-42(90-26(8)104)69(146-80-60(122)56(118)44(106)20(2)130-80)67(34(16-98)138-78)145-81-61(123)57(119)48(110)30(12-94)135-81/h19-20,27-84,91-98,105-126H,9-18H2,1-8H3,(H,85,99)(H,86,100)(H,87,101)(H,88,102)(H,89,103)(H,90,104)/t19-,20-,27+,28+,29+,30+,31+,32+,33+,34+,35+,36+,37+,38+,39+,40+,41+,42+,43+,44+,45+,46+,47+,48-,49+,50+,51+,52+,53+,54+,55+,56+,57-,58-,59-,60+,61+,62-,63-,64+,65+,66+,67+,68+,69+,70+,71-,72-,73?,74-,75-,76-,77-,78-,79+,80-,81-,82-,83-,84+/m0/s1. The van der Waals surface area contributed by atoms with Crippen molar-refractivity contribution in [2.45, 2.75) is 423 Å². The molecule has 60 atom stereocenters. The Hall–Kier alpha value is -5.30. The summed E-state index contributed by atoms with van der Waals surface area (Å²) in [4.78, 5) is 79.9. The second-order valence-electron chi connectivity index (χ2n) is 38.1. The van der Waals surface area contributed by atoms with Crippen LogP contribution in [0.2, 0.25) is 0 Å². The van der Waals surface area contributed by atoms with E-state index in [1.807, 2.05) is 0 Å². The highest BCUT2D eigenvalue weighted by Gasteiger charge is 2.65. The van der Waals surface area contributed by atoms with Gasteiger partial charge in [-0.1, -0.05) is 0 Å². The Morgan fingerprint density at radius 2 is 0.430 bits per heavy atom. The number of carbonyl (C=O) groups is 6. The van der Waals surface area contributed by atoms with Gasteiger partial charge in [0.1, 0.15) is 280 Å². The lowest BCUT2D eigenvalue weighted by molar-refractivity contribution is -0.416. The minimum Gasteiger partial charge on any atom is -0.394 e. The van der Waals surface area contributed by atoms with Gasteiger partial charge >= 0.3 is 0 Å². The Balaban J connectivity index is 1.04. The minimum absolute atomic E-state index is 0.833. The Kier molecular flexibility index (Phi) is 43.8.